The van der Waals surface area contributed by atoms with Crippen LogP contribution in [0.15, 0.2) is 72.1 Å². The Kier molecular flexibility index (Phi) is 8.48. The third-order valence-corrected chi connectivity index (χ3v) is 3.98. The average molecular weight is 334 g/mol. The quantitative estimate of drug-likeness (QED) is 0.742. The monoisotopic (exact) mass is 333 g/mol. The second-order valence-corrected chi connectivity index (χ2v) is 5.47. The standard InChI is InChI=1S/C11H11NS.C7H8O.ClH/c12-8-11-10(6-7-13-11)9-4-2-1-3-5-9;8-6-7-4-2-1-3-5-7;/h1-7H,8,12H2;1-5,8H,6H2;1H. The van der Waals surface area contributed by atoms with Crippen molar-refractivity contribution in [2.45, 2.75) is 13.2 Å². The predicted molar refractivity (Wildman–Crippen MR) is 97.3 cm³/mol. The SMILES string of the molecule is Cl.NCc1sccc1-c1ccccc1.OCc1ccccc1. The number of rotatable bonds is 3. The van der Waals surface area contributed by atoms with E-state index in [-0.39, 0.29) is 19.0 Å². The maximum absolute atomic E-state index is 8.54. The van der Waals surface area contributed by atoms with Crippen LogP contribution in [0.3, 0.4) is 0 Å². The maximum Gasteiger partial charge on any atom is 0.0681 e. The van der Waals surface area contributed by atoms with Gasteiger partial charge in [-0.15, -0.1) is 23.7 Å². The Morgan fingerprint density at radius 3 is 1.95 bits per heavy atom. The zero-order chi connectivity index (χ0) is 14.9. The van der Waals surface area contributed by atoms with Crippen molar-refractivity contribution in [2.24, 2.45) is 5.73 Å². The van der Waals surface area contributed by atoms with Crippen molar-refractivity contribution < 1.29 is 5.11 Å². The molecule has 0 amide bonds. The number of benzene rings is 2. The molecule has 116 valence electrons. The fourth-order valence-electron chi connectivity index (χ4n) is 1.96. The molecule has 0 saturated heterocycles. The summed E-state index contributed by atoms with van der Waals surface area (Å²) in [7, 11) is 0. The Morgan fingerprint density at radius 2 is 1.45 bits per heavy atom. The van der Waals surface area contributed by atoms with Gasteiger partial charge in [0, 0.05) is 11.4 Å². The zero-order valence-corrected chi connectivity index (χ0v) is 13.8. The van der Waals surface area contributed by atoms with Gasteiger partial charge in [-0.25, -0.2) is 0 Å². The van der Waals surface area contributed by atoms with Crippen molar-refractivity contribution in [2.75, 3.05) is 0 Å². The summed E-state index contributed by atoms with van der Waals surface area (Å²) in [4.78, 5) is 1.26. The lowest BCUT2D eigenvalue weighted by Gasteiger charge is -2.00. The first-order valence-electron chi connectivity index (χ1n) is 6.81. The highest BCUT2D eigenvalue weighted by atomic mass is 35.5. The second-order valence-electron chi connectivity index (χ2n) is 4.47. The summed E-state index contributed by atoms with van der Waals surface area (Å²) in [5.74, 6) is 0. The number of halogens is 1. The molecule has 22 heavy (non-hydrogen) atoms. The van der Waals surface area contributed by atoms with E-state index in [2.05, 4.69) is 23.6 Å². The van der Waals surface area contributed by atoms with E-state index in [9.17, 15) is 0 Å². The summed E-state index contributed by atoms with van der Waals surface area (Å²) < 4.78 is 0. The van der Waals surface area contributed by atoms with E-state index < -0.39 is 0 Å². The van der Waals surface area contributed by atoms with Crippen molar-refractivity contribution in [1.82, 2.24) is 0 Å². The molecule has 0 aliphatic carbocycles. The van der Waals surface area contributed by atoms with Gasteiger partial charge >= 0.3 is 0 Å². The van der Waals surface area contributed by atoms with Crippen LogP contribution in [0.4, 0.5) is 0 Å². The van der Waals surface area contributed by atoms with Crippen LogP contribution < -0.4 is 5.73 Å². The summed E-state index contributed by atoms with van der Waals surface area (Å²) in [6.45, 7) is 0.767. The molecular weight excluding hydrogens is 314 g/mol. The molecule has 0 atom stereocenters. The van der Waals surface area contributed by atoms with E-state index in [0.717, 1.165) is 5.56 Å². The number of aliphatic hydroxyl groups is 1. The normalized spacial score (nSPS) is 9.36. The van der Waals surface area contributed by atoms with Crippen LogP contribution in [0.2, 0.25) is 0 Å². The Morgan fingerprint density at radius 1 is 0.864 bits per heavy atom. The van der Waals surface area contributed by atoms with E-state index >= 15 is 0 Å². The first-order valence-corrected chi connectivity index (χ1v) is 7.69. The molecule has 3 N–H and O–H groups in total. The Balaban J connectivity index is 0.000000234. The van der Waals surface area contributed by atoms with Gasteiger partial charge in [-0.2, -0.15) is 0 Å². The van der Waals surface area contributed by atoms with Crippen molar-refractivity contribution in [1.29, 1.82) is 0 Å². The van der Waals surface area contributed by atoms with Crippen molar-refractivity contribution in [3.05, 3.63) is 82.6 Å². The third-order valence-electron chi connectivity index (χ3n) is 3.04. The highest BCUT2D eigenvalue weighted by Crippen LogP contribution is 2.27. The molecule has 0 saturated carbocycles. The fourth-order valence-corrected chi connectivity index (χ4v) is 2.73. The van der Waals surface area contributed by atoms with E-state index in [4.69, 9.17) is 10.8 Å². The molecule has 1 aromatic heterocycles. The molecule has 4 heteroatoms. The highest BCUT2D eigenvalue weighted by molar-refractivity contribution is 7.10. The molecular formula is C18H20ClNOS. The minimum Gasteiger partial charge on any atom is -0.392 e. The van der Waals surface area contributed by atoms with Crippen LogP contribution in [0, 0.1) is 0 Å². The van der Waals surface area contributed by atoms with Gasteiger partial charge in [0.15, 0.2) is 0 Å². The molecule has 0 unspecified atom stereocenters. The molecule has 0 fully saturated rings. The Bertz CT molecular complexity index is 640. The molecule has 2 nitrogen and oxygen atoms in total. The highest BCUT2D eigenvalue weighted by Gasteiger charge is 2.03. The van der Waals surface area contributed by atoms with Gasteiger partial charge < -0.3 is 10.8 Å². The fraction of sp³-hybridized carbons (Fsp3) is 0.111. The van der Waals surface area contributed by atoms with Crippen LogP contribution >= 0.6 is 23.7 Å². The van der Waals surface area contributed by atoms with E-state index in [1.165, 1.54) is 16.0 Å². The van der Waals surface area contributed by atoms with Gasteiger partial charge in [-0.1, -0.05) is 60.7 Å². The van der Waals surface area contributed by atoms with Gasteiger partial charge in [-0.05, 0) is 28.1 Å². The first-order chi connectivity index (χ1) is 10.3. The summed E-state index contributed by atoms with van der Waals surface area (Å²) in [5, 5.41) is 10.6. The topological polar surface area (TPSA) is 46.2 Å². The predicted octanol–water partition coefficient (Wildman–Crippen LogP) is 4.47. The van der Waals surface area contributed by atoms with Gasteiger partial charge in [-0.3, -0.25) is 0 Å². The molecule has 2 aromatic carbocycles. The summed E-state index contributed by atoms with van der Waals surface area (Å²) in [6.07, 6.45) is 0. The van der Waals surface area contributed by atoms with Crippen molar-refractivity contribution in [3.63, 3.8) is 0 Å². The van der Waals surface area contributed by atoms with Crippen molar-refractivity contribution in [3.8, 4) is 11.1 Å². The summed E-state index contributed by atoms with van der Waals surface area (Å²) in [6, 6.07) is 22.0. The number of nitrogens with two attached hydrogens (primary N) is 1. The lowest BCUT2D eigenvalue weighted by atomic mass is 10.1. The van der Waals surface area contributed by atoms with Gasteiger partial charge in [0.25, 0.3) is 0 Å². The van der Waals surface area contributed by atoms with Crippen LogP contribution in [0.1, 0.15) is 10.4 Å². The van der Waals surface area contributed by atoms with Gasteiger partial charge in [0.2, 0.25) is 0 Å². The zero-order valence-electron chi connectivity index (χ0n) is 12.2. The van der Waals surface area contributed by atoms with Crippen LogP contribution in [-0.2, 0) is 13.2 Å². The second kappa shape index (κ2) is 10.1. The van der Waals surface area contributed by atoms with E-state index in [1.54, 1.807) is 11.3 Å². The minimum absolute atomic E-state index is 0. The summed E-state index contributed by atoms with van der Waals surface area (Å²) in [5.41, 5.74) is 9.13. The van der Waals surface area contributed by atoms with Crippen molar-refractivity contribution >= 4 is 23.7 Å². The van der Waals surface area contributed by atoms with Crippen LogP contribution in [-0.4, -0.2) is 5.11 Å². The van der Waals surface area contributed by atoms with E-state index in [0.29, 0.717) is 6.54 Å². The average Bonchev–Trinajstić information content (AvgIpc) is 3.06. The van der Waals surface area contributed by atoms with E-state index in [1.807, 2.05) is 48.5 Å². The molecule has 0 aliphatic heterocycles. The molecule has 1 heterocycles. The molecule has 3 rings (SSSR count). The Labute approximate surface area is 141 Å². The van der Waals surface area contributed by atoms with Gasteiger partial charge in [0.05, 0.1) is 6.61 Å². The number of aliphatic hydroxyl groups excluding tert-OH is 1. The molecule has 0 bridgehead atoms. The molecule has 0 radical (unpaired) electrons. The lowest BCUT2D eigenvalue weighted by Crippen LogP contribution is -1.94. The smallest absolute Gasteiger partial charge is 0.0681 e. The number of hydrogen-bond donors (Lipinski definition) is 2. The number of hydrogen-bond acceptors (Lipinski definition) is 3. The lowest BCUT2D eigenvalue weighted by molar-refractivity contribution is 0.282. The molecule has 0 aliphatic rings. The van der Waals surface area contributed by atoms with Crippen LogP contribution in [0.5, 0.6) is 0 Å². The number of thiophene rings is 1. The van der Waals surface area contributed by atoms with Crippen LogP contribution in [0.25, 0.3) is 11.1 Å². The minimum atomic E-state index is 0. The van der Waals surface area contributed by atoms with Gasteiger partial charge in [0.1, 0.15) is 0 Å². The maximum atomic E-state index is 8.54. The first kappa shape index (κ1) is 18.4. The largest absolute Gasteiger partial charge is 0.392 e. The molecule has 0 spiro atoms. The summed E-state index contributed by atoms with van der Waals surface area (Å²) >= 11 is 1.72. The Hall–Kier alpha value is -1.65. The molecule has 3 aromatic rings. The third kappa shape index (κ3) is 5.28.